The van der Waals surface area contributed by atoms with Crippen LogP contribution in [0.15, 0.2) is 90.5 Å². The molecule has 0 heterocycles. The lowest BCUT2D eigenvalue weighted by molar-refractivity contribution is -0.141. The lowest BCUT2D eigenvalue weighted by Gasteiger charge is -2.32. The first-order chi connectivity index (χ1) is 18.0. The van der Waals surface area contributed by atoms with E-state index in [1.165, 1.54) is 30.5 Å². The van der Waals surface area contributed by atoms with Gasteiger partial charge in [-0.25, -0.2) is 4.39 Å². The SMILES string of the molecule is O=C(NCCC1=CCCCC1)[C@@H](c1ccccc1)N(Cc1ccc(F)cc1)C(=O)Cc1ccc(Cl)cc1. The molecule has 0 bridgehead atoms. The maximum Gasteiger partial charge on any atom is 0.247 e. The Bertz CT molecular complexity index is 1210. The summed E-state index contributed by atoms with van der Waals surface area (Å²) in [7, 11) is 0. The lowest BCUT2D eigenvalue weighted by atomic mass is 9.97. The second-order valence-corrected chi connectivity index (χ2v) is 9.85. The summed E-state index contributed by atoms with van der Waals surface area (Å²) in [6, 6.07) is 21.6. The summed E-state index contributed by atoms with van der Waals surface area (Å²) >= 11 is 6.02. The Balaban J connectivity index is 1.60. The third-order valence-electron chi connectivity index (χ3n) is 6.66. The molecule has 1 N–H and O–H groups in total. The van der Waals surface area contributed by atoms with Crippen molar-refractivity contribution in [3.05, 3.63) is 118 Å². The van der Waals surface area contributed by atoms with Crippen molar-refractivity contribution in [1.82, 2.24) is 10.2 Å². The number of carbonyl (C=O) groups is 2. The van der Waals surface area contributed by atoms with Crippen LogP contribution in [0.1, 0.15) is 54.8 Å². The number of amides is 2. The maximum atomic E-state index is 13.7. The van der Waals surface area contributed by atoms with Gasteiger partial charge in [0.05, 0.1) is 6.42 Å². The van der Waals surface area contributed by atoms with E-state index in [0.717, 1.165) is 36.0 Å². The Hall–Kier alpha value is -3.44. The number of nitrogens with one attached hydrogen (secondary N) is 1. The van der Waals surface area contributed by atoms with E-state index in [0.29, 0.717) is 11.6 Å². The van der Waals surface area contributed by atoms with Gasteiger partial charge in [0.15, 0.2) is 0 Å². The molecule has 37 heavy (non-hydrogen) atoms. The minimum Gasteiger partial charge on any atom is -0.354 e. The summed E-state index contributed by atoms with van der Waals surface area (Å²) in [4.78, 5) is 29.0. The van der Waals surface area contributed by atoms with Crippen LogP contribution < -0.4 is 5.32 Å². The molecular weight excluding hydrogens is 487 g/mol. The molecule has 1 aliphatic rings. The van der Waals surface area contributed by atoms with Gasteiger partial charge in [-0.1, -0.05) is 77.8 Å². The number of nitrogens with zero attached hydrogens (tertiary/aromatic N) is 1. The summed E-state index contributed by atoms with van der Waals surface area (Å²) in [6.07, 6.45) is 7.79. The van der Waals surface area contributed by atoms with Crippen molar-refractivity contribution in [1.29, 1.82) is 0 Å². The molecule has 4 rings (SSSR count). The van der Waals surface area contributed by atoms with E-state index in [1.54, 1.807) is 29.2 Å². The highest BCUT2D eigenvalue weighted by molar-refractivity contribution is 6.30. The fourth-order valence-corrected chi connectivity index (χ4v) is 4.80. The highest BCUT2D eigenvalue weighted by Crippen LogP contribution is 2.26. The standard InChI is InChI=1S/C31H32ClFN2O2/c32-27-15-11-24(12-16-27)21-29(36)35(22-25-13-17-28(33)18-14-25)30(26-9-5-2-6-10-26)31(37)34-20-19-23-7-3-1-4-8-23/h2,5-7,9-18,30H,1,3-4,8,19-22H2,(H,34,37)/t30-/m1/s1. The molecule has 0 unspecified atom stereocenters. The molecule has 1 atom stereocenters. The Morgan fingerprint density at radius 1 is 0.919 bits per heavy atom. The number of halogens is 2. The van der Waals surface area contributed by atoms with Crippen LogP contribution in [-0.4, -0.2) is 23.3 Å². The average Bonchev–Trinajstić information content (AvgIpc) is 2.92. The minimum absolute atomic E-state index is 0.113. The van der Waals surface area contributed by atoms with Gasteiger partial charge < -0.3 is 10.2 Å². The fraction of sp³-hybridized carbons (Fsp3) is 0.290. The number of rotatable bonds is 10. The zero-order valence-electron chi connectivity index (χ0n) is 20.8. The topological polar surface area (TPSA) is 49.4 Å². The van der Waals surface area contributed by atoms with Crippen molar-refractivity contribution in [3.63, 3.8) is 0 Å². The molecule has 0 spiro atoms. The lowest BCUT2D eigenvalue weighted by Crippen LogP contribution is -2.44. The Morgan fingerprint density at radius 3 is 2.30 bits per heavy atom. The van der Waals surface area contributed by atoms with Crippen LogP contribution in [0.3, 0.4) is 0 Å². The molecule has 0 aromatic heterocycles. The summed E-state index contributed by atoms with van der Waals surface area (Å²) in [6.45, 7) is 0.689. The van der Waals surface area contributed by atoms with Gasteiger partial charge in [0.25, 0.3) is 0 Å². The minimum atomic E-state index is -0.827. The van der Waals surface area contributed by atoms with Crippen LogP contribution in [0.2, 0.25) is 5.02 Å². The zero-order valence-corrected chi connectivity index (χ0v) is 21.6. The number of carbonyl (C=O) groups excluding carboxylic acids is 2. The van der Waals surface area contributed by atoms with Gasteiger partial charge in [-0.3, -0.25) is 9.59 Å². The second-order valence-electron chi connectivity index (χ2n) is 9.41. The van der Waals surface area contributed by atoms with E-state index in [2.05, 4.69) is 11.4 Å². The molecule has 3 aromatic rings. The van der Waals surface area contributed by atoms with Gasteiger partial charge in [0.1, 0.15) is 11.9 Å². The van der Waals surface area contributed by atoms with Gasteiger partial charge in [-0.15, -0.1) is 0 Å². The highest BCUT2D eigenvalue weighted by atomic mass is 35.5. The first kappa shape index (κ1) is 26.6. The van der Waals surface area contributed by atoms with Crippen molar-refractivity contribution >= 4 is 23.4 Å². The molecule has 6 heteroatoms. The Labute approximate surface area is 223 Å². The zero-order chi connectivity index (χ0) is 26.0. The first-order valence-electron chi connectivity index (χ1n) is 12.8. The normalized spacial score (nSPS) is 13.9. The van der Waals surface area contributed by atoms with Crippen LogP contribution in [0, 0.1) is 5.82 Å². The van der Waals surface area contributed by atoms with Crippen LogP contribution in [0.5, 0.6) is 0 Å². The third kappa shape index (κ3) is 7.77. The number of benzene rings is 3. The smallest absolute Gasteiger partial charge is 0.247 e. The van der Waals surface area contributed by atoms with Crippen molar-refractivity contribution in [2.45, 2.75) is 51.1 Å². The van der Waals surface area contributed by atoms with Crippen molar-refractivity contribution in [2.75, 3.05) is 6.54 Å². The predicted molar refractivity (Wildman–Crippen MR) is 145 cm³/mol. The number of allylic oxidation sites excluding steroid dienone is 1. The summed E-state index contributed by atoms with van der Waals surface area (Å²) in [5, 5.41) is 3.67. The quantitative estimate of drug-likeness (QED) is 0.300. The van der Waals surface area contributed by atoms with E-state index < -0.39 is 6.04 Å². The molecule has 0 saturated heterocycles. The third-order valence-corrected chi connectivity index (χ3v) is 6.91. The van der Waals surface area contributed by atoms with Gasteiger partial charge in [-0.2, -0.15) is 0 Å². The van der Waals surface area contributed by atoms with Crippen LogP contribution in [0.25, 0.3) is 0 Å². The monoisotopic (exact) mass is 518 g/mol. The highest BCUT2D eigenvalue weighted by Gasteiger charge is 2.31. The summed E-state index contributed by atoms with van der Waals surface area (Å²) in [5.41, 5.74) is 3.65. The number of hydrogen-bond donors (Lipinski definition) is 1. The van der Waals surface area contributed by atoms with Gasteiger partial charge in [0.2, 0.25) is 11.8 Å². The van der Waals surface area contributed by atoms with E-state index in [1.807, 2.05) is 42.5 Å². The second kappa shape index (κ2) is 13.2. The molecule has 0 radical (unpaired) electrons. The fourth-order valence-electron chi connectivity index (χ4n) is 4.67. The first-order valence-corrected chi connectivity index (χ1v) is 13.2. The van der Waals surface area contributed by atoms with E-state index in [9.17, 15) is 14.0 Å². The molecule has 0 saturated carbocycles. The van der Waals surface area contributed by atoms with E-state index in [-0.39, 0.29) is 30.6 Å². The molecule has 0 aliphatic heterocycles. The van der Waals surface area contributed by atoms with Gasteiger partial charge >= 0.3 is 0 Å². The van der Waals surface area contributed by atoms with E-state index >= 15 is 0 Å². The number of hydrogen-bond acceptors (Lipinski definition) is 2. The van der Waals surface area contributed by atoms with Crippen LogP contribution >= 0.6 is 11.6 Å². The Morgan fingerprint density at radius 2 is 1.62 bits per heavy atom. The molecule has 0 fully saturated rings. The molecular formula is C31H32ClFN2O2. The summed E-state index contributed by atoms with van der Waals surface area (Å²) < 4.78 is 13.6. The van der Waals surface area contributed by atoms with Crippen molar-refractivity contribution < 1.29 is 14.0 Å². The van der Waals surface area contributed by atoms with Gasteiger partial charge in [-0.05, 0) is 73.1 Å². The average molecular weight is 519 g/mol. The van der Waals surface area contributed by atoms with Crippen molar-refractivity contribution in [2.24, 2.45) is 0 Å². The van der Waals surface area contributed by atoms with Crippen molar-refractivity contribution in [3.8, 4) is 0 Å². The molecule has 1 aliphatic carbocycles. The van der Waals surface area contributed by atoms with Crippen LogP contribution in [-0.2, 0) is 22.6 Å². The predicted octanol–water partition coefficient (Wildman–Crippen LogP) is 6.80. The van der Waals surface area contributed by atoms with Crippen LogP contribution in [0.4, 0.5) is 4.39 Å². The molecule has 3 aromatic carbocycles. The maximum absolute atomic E-state index is 13.7. The molecule has 2 amide bonds. The molecule has 4 nitrogen and oxygen atoms in total. The largest absolute Gasteiger partial charge is 0.354 e. The summed E-state index contributed by atoms with van der Waals surface area (Å²) in [5.74, 6) is -0.781. The van der Waals surface area contributed by atoms with Gasteiger partial charge in [0, 0.05) is 18.1 Å². The molecule has 192 valence electrons. The Kier molecular flexibility index (Phi) is 9.50. The van der Waals surface area contributed by atoms with E-state index in [4.69, 9.17) is 11.6 Å².